The van der Waals surface area contributed by atoms with Crippen LogP contribution in [0.3, 0.4) is 0 Å². The molecule has 5 nitrogen and oxygen atoms in total. The van der Waals surface area contributed by atoms with Crippen LogP contribution in [0.5, 0.6) is 0 Å². The van der Waals surface area contributed by atoms with E-state index in [9.17, 15) is 19.1 Å². The van der Waals surface area contributed by atoms with E-state index < -0.39 is 12.0 Å². The Morgan fingerprint density at radius 1 is 1.26 bits per heavy atom. The molecule has 3 fully saturated rings. The van der Waals surface area contributed by atoms with Crippen molar-refractivity contribution in [3.63, 3.8) is 0 Å². The molecule has 27 heavy (non-hydrogen) atoms. The molecule has 1 saturated carbocycles. The van der Waals surface area contributed by atoms with Crippen molar-refractivity contribution in [2.75, 3.05) is 19.6 Å². The highest BCUT2D eigenvalue weighted by Gasteiger charge is 2.51. The number of carboxylic acid groups (broad SMARTS) is 1. The molecule has 0 bridgehead atoms. The molecule has 1 N–H and O–H groups in total. The number of hydrogen-bond acceptors (Lipinski definition) is 3. The first-order valence-electron chi connectivity index (χ1n) is 9.88. The average molecular weight is 374 g/mol. The number of halogens is 1. The van der Waals surface area contributed by atoms with E-state index in [1.54, 1.807) is 17.9 Å². The van der Waals surface area contributed by atoms with Crippen molar-refractivity contribution in [1.29, 1.82) is 0 Å². The molecule has 146 valence electrons. The van der Waals surface area contributed by atoms with Crippen LogP contribution in [0, 0.1) is 24.1 Å². The van der Waals surface area contributed by atoms with Gasteiger partial charge >= 0.3 is 5.97 Å². The summed E-state index contributed by atoms with van der Waals surface area (Å²) >= 11 is 0. The maximum Gasteiger partial charge on any atom is 0.326 e. The van der Waals surface area contributed by atoms with Crippen molar-refractivity contribution >= 4 is 11.9 Å². The normalized spacial score (nSPS) is 25.1. The van der Waals surface area contributed by atoms with Crippen molar-refractivity contribution in [2.24, 2.45) is 11.3 Å². The minimum Gasteiger partial charge on any atom is -0.480 e. The Balaban J connectivity index is 1.39. The van der Waals surface area contributed by atoms with Crippen molar-refractivity contribution in [1.82, 2.24) is 9.80 Å². The van der Waals surface area contributed by atoms with Crippen LogP contribution in [0.15, 0.2) is 18.2 Å². The van der Waals surface area contributed by atoms with E-state index in [0.717, 1.165) is 44.3 Å². The molecule has 2 aliphatic heterocycles. The monoisotopic (exact) mass is 374 g/mol. The highest BCUT2D eigenvalue weighted by atomic mass is 19.1. The first-order chi connectivity index (χ1) is 12.9. The summed E-state index contributed by atoms with van der Waals surface area (Å²) in [7, 11) is 0. The van der Waals surface area contributed by atoms with E-state index >= 15 is 0 Å². The number of carboxylic acids is 1. The predicted octanol–water partition coefficient (Wildman–Crippen LogP) is 2.81. The Morgan fingerprint density at radius 2 is 1.96 bits per heavy atom. The smallest absolute Gasteiger partial charge is 0.326 e. The third-order valence-corrected chi connectivity index (χ3v) is 6.56. The number of benzene rings is 1. The average Bonchev–Trinajstić information content (AvgIpc) is 3.42. The van der Waals surface area contributed by atoms with E-state index in [-0.39, 0.29) is 23.1 Å². The zero-order chi connectivity index (χ0) is 19.2. The largest absolute Gasteiger partial charge is 0.480 e. The van der Waals surface area contributed by atoms with E-state index in [1.165, 1.54) is 0 Å². The Morgan fingerprint density at radius 3 is 2.56 bits per heavy atom. The van der Waals surface area contributed by atoms with Gasteiger partial charge in [-0.25, -0.2) is 9.18 Å². The lowest BCUT2D eigenvalue weighted by atomic mass is 9.76. The number of likely N-dealkylation sites (tertiary alicyclic amines) is 2. The molecule has 1 aromatic rings. The van der Waals surface area contributed by atoms with Gasteiger partial charge in [0.05, 0.1) is 0 Å². The molecule has 4 rings (SSSR count). The summed E-state index contributed by atoms with van der Waals surface area (Å²) in [6.45, 7) is 4.75. The SMILES string of the molecule is Cc1ccc(CN2CCC3(CC2)CC(C(=O)O)N(C(=O)C2CC2)C3)cc1F. The second kappa shape index (κ2) is 6.89. The number of aryl methyl sites for hydroxylation is 1. The third kappa shape index (κ3) is 3.72. The van der Waals surface area contributed by atoms with Crippen molar-refractivity contribution in [3.8, 4) is 0 Å². The zero-order valence-corrected chi connectivity index (χ0v) is 15.8. The lowest BCUT2D eigenvalue weighted by molar-refractivity contribution is -0.148. The Hall–Kier alpha value is -1.95. The number of piperidine rings is 1. The van der Waals surface area contributed by atoms with Crippen LogP contribution in [0.2, 0.25) is 0 Å². The van der Waals surface area contributed by atoms with Gasteiger partial charge < -0.3 is 10.0 Å². The van der Waals surface area contributed by atoms with Crippen LogP contribution in [0.1, 0.15) is 43.2 Å². The van der Waals surface area contributed by atoms with Crippen LogP contribution < -0.4 is 0 Å². The van der Waals surface area contributed by atoms with E-state index in [1.807, 2.05) is 12.1 Å². The molecule has 6 heteroatoms. The quantitative estimate of drug-likeness (QED) is 0.880. The topological polar surface area (TPSA) is 60.9 Å². The molecular weight excluding hydrogens is 347 g/mol. The number of hydrogen-bond donors (Lipinski definition) is 1. The Kier molecular flexibility index (Phi) is 4.70. The first kappa shape index (κ1) is 18.4. The molecule has 2 saturated heterocycles. The number of nitrogens with zero attached hydrogens (tertiary/aromatic N) is 2. The zero-order valence-electron chi connectivity index (χ0n) is 15.8. The summed E-state index contributed by atoms with van der Waals surface area (Å²) in [6.07, 6.45) is 4.14. The van der Waals surface area contributed by atoms with Gasteiger partial charge in [0.25, 0.3) is 0 Å². The number of rotatable bonds is 4. The van der Waals surface area contributed by atoms with Gasteiger partial charge in [0.15, 0.2) is 0 Å². The first-order valence-corrected chi connectivity index (χ1v) is 9.88. The maximum absolute atomic E-state index is 13.8. The summed E-state index contributed by atoms with van der Waals surface area (Å²) in [5.74, 6) is -0.955. The fourth-order valence-electron chi connectivity index (χ4n) is 4.61. The molecule has 3 aliphatic rings. The van der Waals surface area contributed by atoms with E-state index in [4.69, 9.17) is 0 Å². The Bertz CT molecular complexity index is 754. The summed E-state index contributed by atoms with van der Waals surface area (Å²) in [4.78, 5) is 28.2. The second-order valence-corrected chi connectivity index (χ2v) is 8.66. The van der Waals surface area contributed by atoms with Gasteiger partial charge in [-0.05, 0) is 74.7 Å². The van der Waals surface area contributed by atoms with Gasteiger partial charge in [-0.15, -0.1) is 0 Å². The molecule has 1 amide bonds. The molecule has 1 spiro atoms. The summed E-state index contributed by atoms with van der Waals surface area (Å²) < 4.78 is 13.8. The molecule has 0 aromatic heterocycles. The van der Waals surface area contributed by atoms with Gasteiger partial charge in [0, 0.05) is 19.0 Å². The highest BCUT2D eigenvalue weighted by molar-refractivity contribution is 5.87. The van der Waals surface area contributed by atoms with Crippen LogP contribution in [0.4, 0.5) is 4.39 Å². The molecule has 1 aliphatic carbocycles. The van der Waals surface area contributed by atoms with Gasteiger partial charge in [-0.1, -0.05) is 12.1 Å². The van der Waals surface area contributed by atoms with Crippen LogP contribution in [-0.2, 0) is 16.1 Å². The van der Waals surface area contributed by atoms with E-state index in [2.05, 4.69) is 4.90 Å². The van der Waals surface area contributed by atoms with Crippen molar-refractivity contribution in [3.05, 3.63) is 35.1 Å². The maximum atomic E-state index is 13.8. The summed E-state index contributed by atoms with van der Waals surface area (Å²) in [6, 6.07) is 4.71. The number of carbonyl (C=O) groups is 2. The standard InChI is InChI=1S/C21H27FN2O3/c1-14-2-3-15(10-17(14)22)12-23-8-6-21(7-9-23)11-18(20(26)27)24(13-21)19(25)16-4-5-16/h2-3,10,16,18H,4-9,11-13H2,1H3,(H,26,27). The van der Waals surface area contributed by atoms with Crippen molar-refractivity contribution in [2.45, 2.75) is 51.6 Å². The minimum atomic E-state index is -0.876. The van der Waals surface area contributed by atoms with Crippen LogP contribution in [0.25, 0.3) is 0 Å². The molecule has 1 unspecified atom stereocenters. The van der Waals surface area contributed by atoms with Crippen LogP contribution in [-0.4, -0.2) is 52.5 Å². The summed E-state index contributed by atoms with van der Waals surface area (Å²) in [5, 5.41) is 9.60. The van der Waals surface area contributed by atoms with Gasteiger partial charge in [-0.3, -0.25) is 9.69 Å². The lowest BCUT2D eigenvalue weighted by Crippen LogP contribution is -2.43. The molecule has 2 heterocycles. The van der Waals surface area contributed by atoms with Crippen molar-refractivity contribution < 1.29 is 19.1 Å². The lowest BCUT2D eigenvalue weighted by Gasteiger charge is -2.39. The van der Waals surface area contributed by atoms with Gasteiger partial charge in [-0.2, -0.15) is 0 Å². The number of aliphatic carboxylic acids is 1. The predicted molar refractivity (Wildman–Crippen MR) is 98.6 cm³/mol. The molecule has 1 aromatic carbocycles. The fourth-order valence-corrected chi connectivity index (χ4v) is 4.61. The third-order valence-electron chi connectivity index (χ3n) is 6.56. The molecule has 0 radical (unpaired) electrons. The van der Waals surface area contributed by atoms with Gasteiger partial charge in [0.1, 0.15) is 11.9 Å². The van der Waals surface area contributed by atoms with Gasteiger partial charge in [0.2, 0.25) is 5.91 Å². The van der Waals surface area contributed by atoms with Crippen LogP contribution >= 0.6 is 0 Å². The highest BCUT2D eigenvalue weighted by Crippen LogP contribution is 2.45. The second-order valence-electron chi connectivity index (χ2n) is 8.66. The van der Waals surface area contributed by atoms with E-state index in [0.29, 0.717) is 25.1 Å². The fraction of sp³-hybridized carbons (Fsp3) is 0.619. The minimum absolute atomic E-state index is 0.0387. The Labute approximate surface area is 159 Å². The molecule has 1 atom stereocenters. The number of carbonyl (C=O) groups excluding carboxylic acids is 1. The summed E-state index contributed by atoms with van der Waals surface area (Å²) in [5.41, 5.74) is 1.54. The number of amides is 1. The molecular formula is C21H27FN2O3.